The summed E-state index contributed by atoms with van der Waals surface area (Å²) in [5, 5.41) is 2.87. The lowest BCUT2D eigenvalue weighted by atomic mass is 10.1. The number of imidazole rings is 1. The van der Waals surface area contributed by atoms with Crippen LogP contribution in [-0.2, 0) is 13.1 Å². The van der Waals surface area contributed by atoms with Crippen LogP contribution in [0, 0.1) is 11.6 Å². The summed E-state index contributed by atoms with van der Waals surface area (Å²) in [6.45, 7) is -1.19. The number of rotatable bonds is 6. The van der Waals surface area contributed by atoms with Gasteiger partial charge in [-0.05, 0) is 36.4 Å². The summed E-state index contributed by atoms with van der Waals surface area (Å²) >= 11 is 0. The van der Waals surface area contributed by atoms with Gasteiger partial charge in [0.15, 0.2) is 0 Å². The maximum atomic E-state index is 13.8. The topological polar surface area (TPSA) is 55.6 Å². The Labute approximate surface area is 179 Å². The molecule has 10 heteroatoms. The van der Waals surface area contributed by atoms with Crippen molar-refractivity contribution in [1.82, 2.24) is 19.5 Å². The van der Waals surface area contributed by atoms with Gasteiger partial charge in [0, 0.05) is 23.9 Å². The molecule has 1 N–H and O–H groups in total. The van der Waals surface area contributed by atoms with Gasteiger partial charge >= 0.3 is 6.18 Å². The summed E-state index contributed by atoms with van der Waals surface area (Å²) < 4.78 is 67.6. The van der Waals surface area contributed by atoms with Crippen LogP contribution in [0.4, 0.5) is 27.9 Å². The maximum absolute atomic E-state index is 13.8. The first kappa shape index (κ1) is 21.4. The second-order valence-electron chi connectivity index (χ2n) is 6.90. The molecule has 0 bridgehead atoms. The van der Waals surface area contributed by atoms with Gasteiger partial charge in [0.05, 0.1) is 23.4 Å². The average molecular weight is 445 g/mol. The number of nitrogens with one attached hydrogen (secondary N) is 1. The van der Waals surface area contributed by atoms with E-state index < -0.39 is 24.4 Å². The van der Waals surface area contributed by atoms with Crippen molar-refractivity contribution < 1.29 is 22.0 Å². The molecule has 2 aromatic carbocycles. The monoisotopic (exact) mass is 445 g/mol. The Kier molecular flexibility index (Phi) is 5.85. The van der Waals surface area contributed by atoms with Gasteiger partial charge in [-0.2, -0.15) is 13.2 Å². The van der Waals surface area contributed by atoms with E-state index in [0.29, 0.717) is 11.1 Å². The minimum atomic E-state index is -4.49. The zero-order chi connectivity index (χ0) is 22.7. The molecule has 0 radical (unpaired) electrons. The van der Waals surface area contributed by atoms with Crippen molar-refractivity contribution in [3.8, 4) is 22.6 Å². The van der Waals surface area contributed by atoms with Crippen LogP contribution in [0.2, 0.25) is 0 Å². The van der Waals surface area contributed by atoms with Crippen LogP contribution < -0.4 is 5.32 Å². The molecule has 0 unspecified atom stereocenters. The fourth-order valence-corrected chi connectivity index (χ4v) is 3.17. The fraction of sp³-hybridized carbons (Fsp3) is 0.136. The standard InChI is InChI=1S/C22H16F5N5/c23-16-7-5-14(6-8-16)19-20(32(13-30-19)12-22(25,26)27)18-9-10-28-21(31-18)29-11-15-3-1-2-4-17(15)24/h1-10,13H,11-12H2,(H,28,29,31). The Bertz CT molecular complexity index is 1220. The second kappa shape index (κ2) is 8.74. The van der Waals surface area contributed by atoms with Crippen molar-refractivity contribution in [3.63, 3.8) is 0 Å². The number of hydrogen-bond acceptors (Lipinski definition) is 4. The van der Waals surface area contributed by atoms with E-state index in [-0.39, 0.29) is 29.6 Å². The molecule has 4 aromatic rings. The maximum Gasteiger partial charge on any atom is 0.406 e. The Balaban J connectivity index is 1.71. The molecule has 2 heterocycles. The molecule has 32 heavy (non-hydrogen) atoms. The molecule has 164 valence electrons. The van der Waals surface area contributed by atoms with Crippen molar-refractivity contribution >= 4 is 5.95 Å². The third-order valence-corrected chi connectivity index (χ3v) is 4.60. The van der Waals surface area contributed by atoms with Crippen LogP contribution >= 0.6 is 0 Å². The van der Waals surface area contributed by atoms with Crippen molar-refractivity contribution in [1.29, 1.82) is 0 Å². The van der Waals surface area contributed by atoms with E-state index in [9.17, 15) is 22.0 Å². The first-order valence-corrected chi connectivity index (χ1v) is 9.49. The first-order chi connectivity index (χ1) is 15.3. The Morgan fingerprint density at radius 2 is 1.66 bits per heavy atom. The molecule has 4 rings (SSSR count). The molecular weight excluding hydrogens is 429 g/mol. The lowest BCUT2D eigenvalue weighted by Crippen LogP contribution is -2.18. The summed E-state index contributed by atoms with van der Waals surface area (Å²) in [6, 6.07) is 12.9. The SMILES string of the molecule is Fc1ccc(-c2ncn(CC(F)(F)F)c2-c2ccnc(NCc3ccccc3F)n2)cc1. The summed E-state index contributed by atoms with van der Waals surface area (Å²) in [5.74, 6) is -0.778. The van der Waals surface area contributed by atoms with Gasteiger partial charge in [0.1, 0.15) is 18.2 Å². The molecule has 0 amide bonds. The number of aromatic nitrogens is 4. The van der Waals surface area contributed by atoms with Gasteiger partial charge in [0.25, 0.3) is 0 Å². The van der Waals surface area contributed by atoms with Gasteiger partial charge in [-0.25, -0.2) is 23.7 Å². The normalized spacial score (nSPS) is 11.5. The highest BCUT2D eigenvalue weighted by atomic mass is 19.4. The third kappa shape index (κ3) is 4.90. The summed E-state index contributed by atoms with van der Waals surface area (Å²) in [7, 11) is 0. The van der Waals surface area contributed by atoms with Gasteiger partial charge in [-0.1, -0.05) is 18.2 Å². The highest BCUT2D eigenvalue weighted by Crippen LogP contribution is 2.32. The van der Waals surface area contributed by atoms with Crippen molar-refractivity contribution in [2.45, 2.75) is 19.3 Å². The van der Waals surface area contributed by atoms with E-state index >= 15 is 0 Å². The van der Waals surface area contributed by atoms with Crippen LogP contribution in [-0.4, -0.2) is 25.7 Å². The predicted molar refractivity (Wildman–Crippen MR) is 108 cm³/mol. The molecule has 0 saturated carbocycles. The smallest absolute Gasteiger partial charge is 0.350 e. The molecule has 0 fully saturated rings. The van der Waals surface area contributed by atoms with Gasteiger partial charge in [-0.15, -0.1) is 0 Å². The van der Waals surface area contributed by atoms with Crippen molar-refractivity contribution in [2.24, 2.45) is 0 Å². The quantitative estimate of drug-likeness (QED) is 0.401. The lowest BCUT2D eigenvalue weighted by Gasteiger charge is -2.13. The minimum Gasteiger partial charge on any atom is -0.350 e. The van der Waals surface area contributed by atoms with Crippen LogP contribution in [0.5, 0.6) is 0 Å². The van der Waals surface area contributed by atoms with Crippen LogP contribution in [0.1, 0.15) is 5.56 Å². The van der Waals surface area contributed by atoms with E-state index in [1.807, 2.05) is 0 Å². The molecule has 0 saturated heterocycles. The molecule has 2 aromatic heterocycles. The van der Waals surface area contributed by atoms with Crippen LogP contribution in [0.3, 0.4) is 0 Å². The summed E-state index contributed by atoms with van der Waals surface area (Å²) in [4.78, 5) is 12.5. The molecule has 0 aliphatic heterocycles. The van der Waals surface area contributed by atoms with Crippen molar-refractivity contribution in [3.05, 3.63) is 84.3 Å². The van der Waals surface area contributed by atoms with Gasteiger partial charge < -0.3 is 9.88 Å². The number of alkyl halides is 3. The number of halogens is 5. The summed E-state index contributed by atoms with van der Waals surface area (Å²) in [5.41, 5.74) is 1.31. The Morgan fingerprint density at radius 3 is 2.38 bits per heavy atom. The van der Waals surface area contributed by atoms with E-state index in [0.717, 1.165) is 10.9 Å². The number of hydrogen-bond donors (Lipinski definition) is 1. The van der Waals surface area contributed by atoms with Crippen LogP contribution in [0.15, 0.2) is 67.1 Å². The van der Waals surface area contributed by atoms with Crippen LogP contribution in [0.25, 0.3) is 22.6 Å². The largest absolute Gasteiger partial charge is 0.406 e. The highest BCUT2D eigenvalue weighted by Gasteiger charge is 2.30. The molecule has 0 aliphatic carbocycles. The van der Waals surface area contributed by atoms with E-state index in [1.54, 1.807) is 18.2 Å². The number of anilines is 1. The van der Waals surface area contributed by atoms with Crippen molar-refractivity contribution in [2.75, 3.05) is 5.32 Å². The van der Waals surface area contributed by atoms with E-state index in [4.69, 9.17) is 0 Å². The fourth-order valence-electron chi connectivity index (χ4n) is 3.17. The molecule has 0 aliphatic rings. The van der Waals surface area contributed by atoms with E-state index in [1.165, 1.54) is 42.6 Å². The second-order valence-corrected chi connectivity index (χ2v) is 6.90. The number of benzene rings is 2. The Morgan fingerprint density at radius 1 is 0.906 bits per heavy atom. The van der Waals surface area contributed by atoms with Gasteiger partial charge in [-0.3, -0.25) is 0 Å². The third-order valence-electron chi connectivity index (χ3n) is 4.60. The average Bonchev–Trinajstić information content (AvgIpc) is 3.15. The number of nitrogens with zero attached hydrogens (tertiary/aromatic N) is 4. The summed E-state index contributed by atoms with van der Waals surface area (Å²) in [6.07, 6.45) is -2.05. The highest BCUT2D eigenvalue weighted by molar-refractivity contribution is 5.77. The molecule has 5 nitrogen and oxygen atoms in total. The van der Waals surface area contributed by atoms with Gasteiger partial charge in [0.2, 0.25) is 5.95 Å². The molecule has 0 spiro atoms. The molecule has 0 atom stereocenters. The zero-order valence-electron chi connectivity index (χ0n) is 16.4. The minimum absolute atomic E-state index is 0.0861. The first-order valence-electron chi connectivity index (χ1n) is 9.49. The lowest BCUT2D eigenvalue weighted by molar-refractivity contribution is -0.140. The van der Waals surface area contributed by atoms with E-state index in [2.05, 4.69) is 20.3 Å². The Hall–Kier alpha value is -3.82. The zero-order valence-corrected chi connectivity index (χ0v) is 16.4. The molecular formula is C22H16F5N5. The predicted octanol–water partition coefficient (Wildman–Crippen LogP) is 5.46.